The number of pyridine rings is 1. The average Bonchev–Trinajstić information content (AvgIpc) is 3.19. The quantitative estimate of drug-likeness (QED) is 0.611. The highest BCUT2D eigenvalue weighted by Gasteiger charge is 2.73. The Kier molecular flexibility index (Phi) is 4.45. The van der Waals surface area contributed by atoms with Crippen LogP contribution in [0.15, 0.2) is 60.7 Å². The molecule has 7 heteroatoms. The van der Waals surface area contributed by atoms with E-state index in [1.54, 1.807) is 24.3 Å². The maximum absolute atomic E-state index is 12.2. The third kappa shape index (κ3) is 2.55. The highest BCUT2D eigenvalue weighted by atomic mass is 35.5. The minimum Gasteiger partial charge on any atom is -0.481 e. The SMILES string of the molecule is COc1nc(Cl)cc2c1[C@]1(O)[C@H](O)C[C@@H](c3ccccc3)[C@]1(c1ccc(C#N)cc1)O2. The summed E-state index contributed by atoms with van der Waals surface area (Å²) in [4.78, 5) is 4.20. The molecule has 0 radical (unpaired) electrons. The summed E-state index contributed by atoms with van der Waals surface area (Å²) < 4.78 is 12.0. The zero-order valence-corrected chi connectivity index (χ0v) is 17.4. The Balaban J connectivity index is 1.82. The number of benzene rings is 2. The highest BCUT2D eigenvalue weighted by molar-refractivity contribution is 6.29. The molecule has 5 rings (SSSR count). The van der Waals surface area contributed by atoms with Crippen molar-refractivity contribution in [1.29, 1.82) is 5.26 Å². The fraction of sp³-hybridized carbons (Fsp3) is 0.250. The van der Waals surface area contributed by atoms with Crippen LogP contribution in [0.2, 0.25) is 5.15 Å². The minimum absolute atomic E-state index is 0.105. The Bertz CT molecular complexity index is 1190. The molecule has 1 fully saturated rings. The number of aliphatic hydroxyl groups is 2. The van der Waals surface area contributed by atoms with Crippen LogP contribution in [0.4, 0.5) is 0 Å². The molecule has 6 nitrogen and oxygen atoms in total. The van der Waals surface area contributed by atoms with E-state index in [0.717, 1.165) is 5.56 Å². The van der Waals surface area contributed by atoms with Crippen molar-refractivity contribution in [3.63, 3.8) is 0 Å². The van der Waals surface area contributed by atoms with Crippen LogP contribution < -0.4 is 9.47 Å². The number of ether oxygens (including phenoxy) is 2. The van der Waals surface area contributed by atoms with Crippen LogP contribution >= 0.6 is 11.6 Å². The molecule has 3 aromatic rings. The van der Waals surface area contributed by atoms with Crippen LogP contribution in [0.25, 0.3) is 0 Å². The van der Waals surface area contributed by atoms with Gasteiger partial charge in [-0.1, -0.05) is 54.1 Å². The van der Waals surface area contributed by atoms with Gasteiger partial charge in [-0.2, -0.15) is 5.26 Å². The lowest BCUT2D eigenvalue weighted by atomic mass is 9.71. The second-order valence-corrected chi connectivity index (χ2v) is 8.22. The van der Waals surface area contributed by atoms with Crippen LogP contribution in [0.1, 0.15) is 34.6 Å². The summed E-state index contributed by atoms with van der Waals surface area (Å²) >= 11 is 6.18. The molecule has 1 saturated carbocycles. The lowest BCUT2D eigenvalue weighted by molar-refractivity contribution is -0.150. The van der Waals surface area contributed by atoms with E-state index in [1.807, 2.05) is 30.3 Å². The lowest BCUT2D eigenvalue weighted by Gasteiger charge is -2.40. The second kappa shape index (κ2) is 6.96. The van der Waals surface area contributed by atoms with Crippen molar-refractivity contribution < 1.29 is 19.7 Å². The van der Waals surface area contributed by atoms with Gasteiger partial charge >= 0.3 is 0 Å². The van der Waals surface area contributed by atoms with Crippen molar-refractivity contribution in [3.8, 4) is 17.7 Å². The summed E-state index contributed by atoms with van der Waals surface area (Å²) in [5, 5.41) is 32.9. The molecule has 31 heavy (non-hydrogen) atoms. The van der Waals surface area contributed by atoms with Gasteiger partial charge in [0.2, 0.25) is 5.88 Å². The van der Waals surface area contributed by atoms with Crippen LogP contribution in [0, 0.1) is 11.3 Å². The van der Waals surface area contributed by atoms with Gasteiger partial charge < -0.3 is 19.7 Å². The molecule has 0 bridgehead atoms. The van der Waals surface area contributed by atoms with E-state index in [-0.39, 0.29) is 23.0 Å². The molecular weight excluding hydrogens is 416 g/mol. The summed E-state index contributed by atoms with van der Waals surface area (Å²) in [6.07, 6.45) is -0.905. The third-order valence-corrected chi connectivity index (χ3v) is 6.60. The van der Waals surface area contributed by atoms with Crippen LogP contribution in [-0.2, 0) is 11.2 Å². The van der Waals surface area contributed by atoms with Gasteiger partial charge in [0.25, 0.3) is 0 Å². The summed E-state index contributed by atoms with van der Waals surface area (Å²) in [7, 11) is 1.43. The van der Waals surface area contributed by atoms with Gasteiger partial charge in [0.05, 0.1) is 30.4 Å². The minimum atomic E-state index is -1.85. The molecule has 2 heterocycles. The maximum atomic E-state index is 12.2. The first-order valence-corrected chi connectivity index (χ1v) is 10.2. The summed E-state index contributed by atoms with van der Waals surface area (Å²) in [5.41, 5.74) is -0.920. The second-order valence-electron chi connectivity index (χ2n) is 7.84. The standard InChI is InChI=1S/C24H19ClN2O4/c1-30-22-21-18(12-20(25)27-22)31-24(16-9-7-14(13-26)8-10-16)17(11-19(28)23(21,24)29)15-5-3-2-4-6-15/h2-10,12,17,19,28-29H,11H2,1H3/t17-,19+,23+,24-/m0/s1. The molecule has 0 saturated heterocycles. The summed E-state index contributed by atoms with van der Waals surface area (Å²) in [6.45, 7) is 0. The number of aliphatic hydroxyl groups excluding tert-OH is 1. The summed E-state index contributed by atoms with van der Waals surface area (Å²) in [6, 6.07) is 20.1. The molecule has 2 aromatic carbocycles. The van der Waals surface area contributed by atoms with Crippen molar-refractivity contribution in [2.45, 2.75) is 29.6 Å². The van der Waals surface area contributed by atoms with E-state index >= 15 is 0 Å². The number of fused-ring (bicyclic) bond motifs is 3. The maximum Gasteiger partial charge on any atom is 0.224 e. The number of hydrogen-bond acceptors (Lipinski definition) is 6. The smallest absolute Gasteiger partial charge is 0.224 e. The topological polar surface area (TPSA) is 95.6 Å². The predicted octanol–water partition coefficient (Wildman–Crippen LogP) is 3.64. The first kappa shape index (κ1) is 19.8. The number of aromatic nitrogens is 1. The first-order valence-electron chi connectivity index (χ1n) is 9.85. The van der Waals surface area contributed by atoms with Crippen molar-refractivity contribution in [2.75, 3.05) is 7.11 Å². The van der Waals surface area contributed by atoms with Crippen molar-refractivity contribution in [3.05, 3.63) is 88.1 Å². The van der Waals surface area contributed by atoms with E-state index in [0.29, 0.717) is 16.9 Å². The predicted molar refractivity (Wildman–Crippen MR) is 113 cm³/mol. The number of nitrogens with zero attached hydrogens (tertiary/aromatic N) is 2. The monoisotopic (exact) mass is 434 g/mol. The number of hydrogen-bond donors (Lipinski definition) is 2. The van der Waals surface area contributed by atoms with Gasteiger partial charge in [-0.15, -0.1) is 0 Å². The molecule has 4 atom stereocenters. The van der Waals surface area contributed by atoms with E-state index in [4.69, 9.17) is 21.1 Å². The largest absolute Gasteiger partial charge is 0.481 e. The summed E-state index contributed by atoms with van der Waals surface area (Å²) in [5.74, 6) is 0.0224. The van der Waals surface area contributed by atoms with Crippen LogP contribution in [0.3, 0.4) is 0 Å². The van der Waals surface area contributed by atoms with Crippen LogP contribution in [-0.4, -0.2) is 28.4 Å². The first-order chi connectivity index (χ1) is 15.0. The molecule has 0 unspecified atom stereocenters. The van der Waals surface area contributed by atoms with E-state index < -0.39 is 23.2 Å². The van der Waals surface area contributed by atoms with Crippen LogP contribution in [0.5, 0.6) is 11.6 Å². The van der Waals surface area contributed by atoms with Crippen molar-refractivity contribution in [1.82, 2.24) is 4.98 Å². The zero-order chi connectivity index (χ0) is 21.8. The van der Waals surface area contributed by atoms with Gasteiger partial charge in [-0.05, 0) is 29.7 Å². The molecule has 1 aromatic heterocycles. The Morgan fingerprint density at radius 2 is 1.90 bits per heavy atom. The van der Waals surface area contributed by atoms with Gasteiger partial charge in [-0.3, -0.25) is 0 Å². The normalized spacial score (nSPS) is 28.4. The number of rotatable bonds is 3. The van der Waals surface area contributed by atoms with E-state index in [9.17, 15) is 15.5 Å². The van der Waals surface area contributed by atoms with Crippen molar-refractivity contribution >= 4 is 11.6 Å². The molecule has 2 N–H and O–H groups in total. The Labute approximate surface area is 184 Å². The molecule has 2 aliphatic rings. The molecular formula is C24H19ClN2O4. The Morgan fingerprint density at radius 1 is 1.19 bits per heavy atom. The third-order valence-electron chi connectivity index (χ3n) is 6.41. The molecule has 0 amide bonds. The molecule has 1 aliphatic carbocycles. The average molecular weight is 435 g/mol. The van der Waals surface area contributed by atoms with Crippen molar-refractivity contribution in [2.24, 2.45) is 0 Å². The van der Waals surface area contributed by atoms with Gasteiger partial charge in [0, 0.05) is 12.0 Å². The van der Waals surface area contributed by atoms with Gasteiger partial charge in [-0.25, -0.2) is 4.98 Å². The van der Waals surface area contributed by atoms with E-state index in [1.165, 1.54) is 13.2 Å². The number of nitriles is 1. The Hall–Kier alpha value is -3.11. The Morgan fingerprint density at radius 3 is 2.55 bits per heavy atom. The van der Waals surface area contributed by atoms with E-state index in [2.05, 4.69) is 11.1 Å². The fourth-order valence-electron chi connectivity index (χ4n) is 5.13. The van der Waals surface area contributed by atoms with Gasteiger partial charge in [0.1, 0.15) is 10.9 Å². The molecule has 1 aliphatic heterocycles. The van der Waals surface area contributed by atoms with Gasteiger partial charge in [0.15, 0.2) is 11.2 Å². The lowest BCUT2D eigenvalue weighted by Crippen LogP contribution is -2.52. The number of halogens is 1. The molecule has 0 spiro atoms. The zero-order valence-electron chi connectivity index (χ0n) is 16.6. The molecule has 156 valence electrons. The highest BCUT2D eigenvalue weighted by Crippen LogP contribution is 2.68. The fourth-order valence-corrected chi connectivity index (χ4v) is 5.30. The number of methoxy groups -OCH3 is 1.